The summed E-state index contributed by atoms with van der Waals surface area (Å²) in [6.07, 6.45) is 7.88. The molecule has 3 heteroatoms. The van der Waals surface area contributed by atoms with E-state index in [2.05, 4.69) is 17.1 Å². The topological polar surface area (TPSA) is 35.5 Å². The SMILES string of the molecule is CC1(CNCC(O)CN2CCCC2)CCCC1. The van der Waals surface area contributed by atoms with Crippen LogP contribution >= 0.6 is 0 Å². The third-order valence-electron chi connectivity index (χ3n) is 4.41. The van der Waals surface area contributed by atoms with Gasteiger partial charge in [-0.1, -0.05) is 19.8 Å². The molecule has 0 spiro atoms. The molecule has 2 rings (SSSR count). The molecule has 0 aromatic carbocycles. The minimum Gasteiger partial charge on any atom is -0.390 e. The minimum absolute atomic E-state index is 0.196. The van der Waals surface area contributed by atoms with E-state index in [1.807, 2.05) is 0 Å². The van der Waals surface area contributed by atoms with Crippen molar-refractivity contribution in [3.05, 3.63) is 0 Å². The van der Waals surface area contributed by atoms with Crippen molar-refractivity contribution < 1.29 is 5.11 Å². The highest BCUT2D eigenvalue weighted by atomic mass is 16.3. The molecule has 1 heterocycles. The summed E-state index contributed by atoms with van der Waals surface area (Å²) in [4.78, 5) is 2.38. The van der Waals surface area contributed by atoms with E-state index in [1.165, 1.54) is 51.6 Å². The summed E-state index contributed by atoms with van der Waals surface area (Å²) in [5, 5.41) is 13.4. The molecule has 0 aromatic heterocycles. The zero-order valence-corrected chi connectivity index (χ0v) is 11.2. The molecule has 100 valence electrons. The molecule has 1 unspecified atom stereocenters. The highest BCUT2D eigenvalue weighted by Crippen LogP contribution is 2.36. The molecule has 3 nitrogen and oxygen atoms in total. The Bertz CT molecular complexity index is 220. The van der Waals surface area contributed by atoms with Crippen molar-refractivity contribution in [1.29, 1.82) is 0 Å². The van der Waals surface area contributed by atoms with Gasteiger partial charge >= 0.3 is 0 Å². The molecule has 17 heavy (non-hydrogen) atoms. The lowest BCUT2D eigenvalue weighted by molar-refractivity contribution is 0.119. The summed E-state index contributed by atoms with van der Waals surface area (Å²) in [7, 11) is 0. The molecular weight excluding hydrogens is 212 g/mol. The third-order valence-corrected chi connectivity index (χ3v) is 4.41. The number of β-amino-alcohol motifs (C(OH)–C–C–N with tert-alkyl or cyclic N) is 1. The van der Waals surface area contributed by atoms with Gasteiger partial charge in [-0.2, -0.15) is 0 Å². The number of hydrogen-bond donors (Lipinski definition) is 2. The fourth-order valence-corrected chi connectivity index (χ4v) is 3.27. The molecule has 0 radical (unpaired) electrons. The van der Waals surface area contributed by atoms with Gasteiger partial charge in [-0.25, -0.2) is 0 Å². The van der Waals surface area contributed by atoms with Crippen LogP contribution in [0.2, 0.25) is 0 Å². The number of likely N-dealkylation sites (tertiary alicyclic amines) is 1. The summed E-state index contributed by atoms with van der Waals surface area (Å²) < 4.78 is 0. The Balaban J connectivity index is 1.57. The van der Waals surface area contributed by atoms with E-state index in [4.69, 9.17) is 0 Å². The second-order valence-corrected chi connectivity index (χ2v) is 6.31. The van der Waals surface area contributed by atoms with E-state index in [-0.39, 0.29) is 6.10 Å². The largest absolute Gasteiger partial charge is 0.390 e. The van der Waals surface area contributed by atoms with Crippen molar-refractivity contribution in [3.63, 3.8) is 0 Å². The van der Waals surface area contributed by atoms with Gasteiger partial charge in [0, 0.05) is 19.6 Å². The van der Waals surface area contributed by atoms with Gasteiger partial charge in [-0.05, 0) is 44.2 Å². The fraction of sp³-hybridized carbons (Fsp3) is 1.00. The molecule has 1 aliphatic heterocycles. The molecule has 2 fully saturated rings. The van der Waals surface area contributed by atoms with Crippen LogP contribution in [-0.2, 0) is 0 Å². The van der Waals surface area contributed by atoms with Gasteiger partial charge in [0.15, 0.2) is 0 Å². The Kier molecular flexibility index (Phi) is 4.83. The third kappa shape index (κ3) is 4.23. The van der Waals surface area contributed by atoms with Crippen LogP contribution in [0.25, 0.3) is 0 Å². The van der Waals surface area contributed by atoms with Crippen LogP contribution in [0.15, 0.2) is 0 Å². The average molecular weight is 240 g/mol. The summed E-state index contributed by atoms with van der Waals surface area (Å²) in [5.41, 5.74) is 0.493. The Labute approximate surface area is 106 Å². The molecule has 1 saturated heterocycles. The lowest BCUT2D eigenvalue weighted by Crippen LogP contribution is -2.40. The maximum absolute atomic E-state index is 9.96. The van der Waals surface area contributed by atoms with Gasteiger partial charge in [-0.3, -0.25) is 0 Å². The standard InChI is InChI=1S/C14H28N2O/c1-14(6-2-3-7-14)12-15-10-13(17)11-16-8-4-5-9-16/h13,15,17H,2-12H2,1H3. The van der Waals surface area contributed by atoms with Crippen LogP contribution in [0.1, 0.15) is 45.4 Å². The zero-order chi connectivity index (χ0) is 12.1. The Hall–Kier alpha value is -0.120. The lowest BCUT2D eigenvalue weighted by Gasteiger charge is -2.25. The van der Waals surface area contributed by atoms with E-state index in [9.17, 15) is 5.11 Å². The maximum Gasteiger partial charge on any atom is 0.0791 e. The molecule has 0 amide bonds. The van der Waals surface area contributed by atoms with Gasteiger partial charge in [0.1, 0.15) is 0 Å². The number of aliphatic hydroxyl groups is 1. The summed E-state index contributed by atoms with van der Waals surface area (Å²) in [6.45, 7) is 7.41. The Morgan fingerprint density at radius 3 is 2.47 bits per heavy atom. The van der Waals surface area contributed by atoms with Crippen molar-refractivity contribution in [2.45, 2.75) is 51.6 Å². The average Bonchev–Trinajstić information content (AvgIpc) is 2.90. The fourth-order valence-electron chi connectivity index (χ4n) is 3.27. The first kappa shape index (κ1) is 13.3. The van der Waals surface area contributed by atoms with Gasteiger partial charge in [0.25, 0.3) is 0 Å². The number of nitrogens with one attached hydrogen (secondary N) is 1. The van der Waals surface area contributed by atoms with Crippen LogP contribution in [0, 0.1) is 5.41 Å². The van der Waals surface area contributed by atoms with Crippen molar-refractivity contribution in [1.82, 2.24) is 10.2 Å². The van der Waals surface area contributed by atoms with Crippen molar-refractivity contribution >= 4 is 0 Å². The van der Waals surface area contributed by atoms with E-state index in [1.54, 1.807) is 0 Å². The zero-order valence-electron chi connectivity index (χ0n) is 11.2. The quantitative estimate of drug-likeness (QED) is 0.740. The second-order valence-electron chi connectivity index (χ2n) is 6.31. The molecular formula is C14H28N2O. The molecule has 1 aliphatic carbocycles. The highest BCUT2D eigenvalue weighted by molar-refractivity contribution is 4.83. The first-order chi connectivity index (χ1) is 8.18. The molecule has 0 aromatic rings. The van der Waals surface area contributed by atoms with Gasteiger partial charge < -0.3 is 15.3 Å². The van der Waals surface area contributed by atoms with Gasteiger partial charge in [0.05, 0.1) is 6.10 Å². The number of rotatable bonds is 6. The summed E-state index contributed by atoms with van der Waals surface area (Å²) >= 11 is 0. The van der Waals surface area contributed by atoms with Gasteiger partial charge in [0.2, 0.25) is 0 Å². The van der Waals surface area contributed by atoms with Gasteiger partial charge in [-0.15, -0.1) is 0 Å². The Morgan fingerprint density at radius 1 is 1.18 bits per heavy atom. The maximum atomic E-state index is 9.96. The van der Waals surface area contributed by atoms with E-state index in [0.717, 1.165) is 19.6 Å². The van der Waals surface area contributed by atoms with Crippen LogP contribution < -0.4 is 5.32 Å². The van der Waals surface area contributed by atoms with E-state index < -0.39 is 0 Å². The first-order valence-corrected chi connectivity index (χ1v) is 7.29. The van der Waals surface area contributed by atoms with Crippen molar-refractivity contribution in [2.24, 2.45) is 5.41 Å². The molecule has 0 bridgehead atoms. The lowest BCUT2D eigenvalue weighted by atomic mass is 9.89. The van der Waals surface area contributed by atoms with Crippen LogP contribution in [0.4, 0.5) is 0 Å². The minimum atomic E-state index is -0.196. The highest BCUT2D eigenvalue weighted by Gasteiger charge is 2.28. The summed E-state index contributed by atoms with van der Waals surface area (Å²) in [6, 6.07) is 0. The van der Waals surface area contributed by atoms with E-state index >= 15 is 0 Å². The van der Waals surface area contributed by atoms with Crippen molar-refractivity contribution in [2.75, 3.05) is 32.7 Å². The molecule has 1 atom stereocenters. The number of nitrogens with zero attached hydrogens (tertiary/aromatic N) is 1. The normalized spacial score (nSPS) is 26.5. The van der Waals surface area contributed by atoms with E-state index in [0.29, 0.717) is 5.41 Å². The molecule has 1 saturated carbocycles. The Morgan fingerprint density at radius 2 is 1.82 bits per heavy atom. The predicted molar refractivity (Wildman–Crippen MR) is 71.1 cm³/mol. The first-order valence-electron chi connectivity index (χ1n) is 7.29. The second kappa shape index (κ2) is 6.17. The van der Waals surface area contributed by atoms with Crippen LogP contribution in [0.3, 0.4) is 0 Å². The smallest absolute Gasteiger partial charge is 0.0791 e. The predicted octanol–water partition coefficient (Wildman–Crippen LogP) is 1.61. The number of hydrogen-bond acceptors (Lipinski definition) is 3. The molecule has 2 N–H and O–H groups in total. The number of aliphatic hydroxyl groups excluding tert-OH is 1. The van der Waals surface area contributed by atoms with Crippen molar-refractivity contribution in [3.8, 4) is 0 Å². The molecule has 2 aliphatic rings. The summed E-state index contributed by atoms with van der Waals surface area (Å²) in [5.74, 6) is 0. The monoisotopic (exact) mass is 240 g/mol. The van der Waals surface area contributed by atoms with Crippen LogP contribution in [-0.4, -0.2) is 48.8 Å². The van der Waals surface area contributed by atoms with Crippen LogP contribution in [0.5, 0.6) is 0 Å².